The molecule has 138 valence electrons. The molecule has 0 saturated heterocycles. The third kappa shape index (κ3) is 3.64. The maximum absolute atomic E-state index is 12.8. The van der Waals surface area contributed by atoms with Crippen molar-refractivity contribution in [2.75, 3.05) is 20.6 Å². The van der Waals surface area contributed by atoms with Gasteiger partial charge in [-0.05, 0) is 43.4 Å². The van der Waals surface area contributed by atoms with Gasteiger partial charge in [-0.2, -0.15) is 5.10 Å². The highest BCUT2D eigenvalue weighted by Gasteiger charge is 2.28. The zero-order valence-corrected chi connectivity index (χ0v) is 15.6. The Morgan fingerprint density at radius 1 is 1.27 bits per heavy atom. The molecule has 1 aliphatic rings. The zero-order valence-electron chi connectivity index (χ0n) is 15.6. The lowest BCUT2D eigenvalue weighted by Gasteiger charge is -2.34. The normalized spacial score (nSPS) is 17.3. The van der Waals surface area contributed by atoms with Crippen LogP contribution in [-0.4, -0.2) is 52.0 Å². The van der Waals surface area contributed by atoms with Gasteiger partial charge in [-0.1, -0.05) is 24.3 Å². The molecule has 0 radical (unpaired) electrons. The van der Waals surface area contributed by atoms with Crippen LogP contribution in [0.4, 0.5) is 0 Å². The minimum Gasteiger partial charge on any atom is -0.337 e. The fourth-order valence-electron chi connectivity index (χ4n) is 3.64. The molecule has 0 fully saturated rings. The number of carbonyl (C=O) groups excluding carboxylic acids is 2. The van der Waals surface area contributed by atoms with Gasteiger partial charge in [0.15, 0.2) is 0 Å². The molecule has 6 heteroatoms. The number of rotatable bonds is 5. The van der Waals surface area contributed by atoms with E-state index in [2.05, 4.69) is 17.2 Å². The molecule has 6 nitrogen and oxygen atoms in total. The van der Waals surface area contributed by atoms with Crippen LogP contribution in [0, 0.1) is 0 Å². The molecule has 2 aromatic rings. The quantitative estimate of drug-likeness (QED) is 0.829. The van der Waals surface area contributed by atoms with Gasteiger partial charge in [0, 0.05) is 26.5 Å². The topological polar surface area (TPSA) is 58.4 Å². The fraction of sp³-hybridized carbons (Fsp3) is 0.450. The number of nitrogens with zero attached hydrogens (tertiary/aromatic N) is 4. The molecule has 0 bridgehead atoms. The van der Waals surface area contributed by atoms with Crippen LogP contribution >= 0.6 is 0 Å². The predicted molar refractivity (Wildman–Crippen MR) is 99.5 cm³/mol. The average molecular weight is 354 g/mol. The molecule has 1 aromatic heterocycles. The lowest BCUT2D eigenvalue weighted by Crippen LogP contribution is -2.43. The maximum atomic E-state index is 12.8. The van der Waals surface area contributed by atoms with Gasteiger partial charge >= 0.3 is 0 Å². The van der Waals surface area contributed by atoms with Crippen molar-refractivity contribution in [3.05, 3.63) is 53.9 Å². The van der Waals surface area contributed by atoms with E-state index in [1.54, 1.807) is 42.0 Å². The van der Waals surface area contributed by atoms with E-state index in [1.807, 2.05) is 19.2 Å². The number of hydrogen-bond acceptors (Lipinski definition) is 3. The standard InChI is InChI=1S/C20H26N4O2/c1-15(24-13-7-12-21-24)20(26)22(2)14-19(25)23(3)18-11-6-9-16-8-4-5-10-17(16)18/h4-5,7-8,10,12-13,15,18H,6,9,11,14H2,1-3H3/t15-,18+/m0/s1. The first-order valence-electron chi connectivity index (χ1n) is 9.06. The maximum Gasteiger partial charge on any atom is 0.247 e. The van der Waals surface area contributed by atoms with Gasteiger partial charge in [-0.3, -0.25) is 14.3 Å². The van der Waals surface area contributed by atoms with Crippen LogP contribution in [0.2, 0.25) is 0 Å². The monoisotopic (exact) mass is 354 g/mol. The van der Waals surface area contributed by atoms with E-state index in [0.717, 1.165) is 19.3 Å². The Bertz CT molecular complexity index is 772. The molecule has 26 heavy (non-hydrogen) atoms. The van der Waals surface area contributed by atoms with E-state index >= 15 is 0 Å². The molecule has 0 unspecified atom stereocenters. The third-order valence-corrected chi connectivity index (χ3v) is 5.23. The molecule has 1 heterocycles. The van der Waals surface area contributed by atoms with Gasteiger partial charge in [-0.25, -0.2) is 0 Å². The summed E-state index contributed by atoms with van der Waals surface area (Å²) in [5.41, 5.74) is 2.55. The minimum atomic E-state index is -0.427. The number of aromatic nitrogens is 2. The van der Waals surface area contributed by atoms with Crippen molar-refractivity contribution in [1.29, 1.82) is 0 Å². The van der Waals surface area contributed by atoms with Crippen LogP contribution in [0.15, 0.2) is 42.7 Å². The summed E-state index contributed by atoms with van der Waals surface area (Å²) in [4.78, 5) is 28.6. The molecule has 0 saturated carbocycles. The Morgan fingerprint density at radius 2 is 2.04 bits per heavy atom. The van der Waals surface area contributed by atoms with Gasteiger partial charge in [-0.15, -0.1) is 0 Å². The van der Waals surface area contributed by atoms with Crippen LogP contribution in [0.25, 0.3) is 0 Å². The second-order valence-corrected chi connectivity index (χ2v) is 6.97. The molecule has 2 atom stereocenters. The van der Waals surface area contributed by atoms with Gasteiger partial charge < -0.3 is 9.80 Å². The van der Waals surface area contributed by atoms with Crippen molar-refractivity contribution in [3.63, 3.8) is 0 Å². The number of aryl methyl sites for hydroxylation is 1. The summed E-state index contributed by atoms with van der Waals surface area (Å²) in [5, 5.41) is 4.11. The van der Waals surface area contributed by atoms with E-state index in [0.29, 0.717) is 0 Å². The molecular weight excluding hydrogens is 328 g/mol. The predicted octanol–water partition coefficient (Wildman–Crippen LogP) is 2.44. The fourth-order valence-corrected chi connectivity index (χ4v) is 3.64. The highest BCUT2D eigenvalue weighted by Crippen LogP contribution is 2.33. The Hall–Kier alpha value is -2.63. The highest BCUT2D eigenvalue weighted by atomic mass is 16.2. The lowest BCUT2D eigenvalue weighted by molar-refractivity contribution is -0.141. The van der Waals surface area contributed by atoms with Gasteiger partial charge in [0.25, 0.3) is 0 Å². The van der Waals surface area contributed by atoms with Crippen molar-refractivity contribution in [3.8, 4) is 0 Å². The Labute approximate surface area is 154 Å². The Morgan fingerprint density at radius 3 is 2.77 bits per heavy atom. The molecule has 1 aliphatic carbocycles. The number of likely N-dealkylation sites (N-methyl/N-ethyl adjacent to an activating group) is 2. The van der Waals surface area contributed by atoms with E-state index in [4.69, 9.17) is 0 Å². The SMILES string of the molecule is C[C@@H](C(=O)N(C)CC(=O)N(C)[C@@H]1CCCc2ccccc21)n1cccn1. The van der Waals surface area contributed by atoms with Crippen molar-refractivity contribution < 1.29 is 9.59 Å². The first-order valence-corrected chi connectivity index (χ1v) is 9.06. The van der Waals surface area contributed by atoms with Crippen molar-refractivity contribution in [1.82, 2.24) is 19.6 Å². The van der Waals surface area contributed by atoms with E-state index in [9.17, 15) is 9.59 Å². The summed E-state index contributed by atoms with van der Waals surface area (Å²) in [6.07, 6.45) is 6.49. The van der Waals surface area contributed by atoms with E-state index in [1.165, 1.54) is 16.0 Å². The summed E-state index contributed by atoms with van der Waals surface area (Å²) in [6, 6.07) is 9.76. The van der Waals surface area contributed by atoms with Gasteiger partial charge in [0.2, 0.25) is 11.8 Å². The number of carbonyl (C=O) groups is 2. The second kappa shape index (κ2) is 7.72. The van der Waals surface area contributed by atoms with E-state index in [-0.39, 0.29) is 24.4 Å². The molecule has 2 amide bonds. The summed E-state index contributed by atoms with van der Waals surface area (Å²) >= 11 is 0. The summed E-state index contributed by atoms with van der Waals surface area (Å²) in [6.45, 7) is 1.86. The smallest absolute Gasteiger partial charge is 0.247 e. The van der Waals surface area contributed by atoms with Crippen LogP contribution in [0.3, 0.4) is 0 Å². The number of amides is 2. The van der Waals surface area contributed by atoms with Gasteiger partial charge in [0.1, 0.15) is 6.04 Å². The molecule has 1 aromatic carbocycles. The van der Waals surface area contributed by atoms with Crippen LogP contribution in [0.1, 0.15) is 43.0 Å². The van der Waals surface area contributed by atoms with Crippen LogP contribution < -0.4 is 0 Å². The highest BCUT2D eigenvalue weighted by molar-refractivity contribution is 5.86. The number of hydrogen-bond donors (Lipinski definition) is 0. The van der Waals surface area contributed by atoms with Crippen molar-refractivity contribution >= 4 is 11.8 Å². The Balaban J connectivity index is 1.65. The largest absolute Gasteiger partial charge is 0.337 e. The summed E-state index contributed by atoms with van der Waals surface area (Å²) in [5.74, 6) is -0.172. The minimum absolute atomic E-state index is 0.0461. The van der Waals surface area contributed by atoms with Crippen molar-refractivity contribution in [2.24, 2.45) is 0 Å². The van der Waals surface area contributed by atoms with Crippen molar-refractivity contribution in [2.45, 2.75) is 38.3 Å². The second-order valence-electron chi connectivity index (χ2n) is 6.97. The third-order valence-electron chi connectivity index (χ3n) is 5.23. The first kappa shape index (κ1) is 18.2. The summed E-state index contributed by atoms with van der Waals surface area (Å²) in [7, 11) is 3.51. The molecular formula is C20H26N4O2. The van der Waals surface area contributed by atoms with Crippen LogP contribution in [-0.2, 0) is 16.0 Å². The molecule has 0 aliphatic heterocycles. The average Bonchev–Trinajstić information content (AvgIpc) is 3.20. The van der Waals surface area contributed by atoms with E-state index < -0.39 is 6.04 Å². The molecule has 0 N–H and O–H groups in total. The summed E-state index contributed by atoms with van der Waals surface area (Å²) < 4.78 is 1.60. The van der Waals surface area contributed by atoms with Crippen LogP contribution in [0.5, 0.6) is 0 Å². The molecule has 0 spiro atoms. The zero-order chi connectivity index (χ0) is 18.7. The molecule has 3 rings (SSSR count). The number of fused-ring (bicyclic) bond motifs is 1. The first-order chi connectivity index (χ1) is 12.5. The lowest BCUT2D eigenvalue weighted by atomic mass is 9.87. The van der Waals surface area contributed by atoms with Gasteiger partial charge in [0.05, 0.1) is 12.6 Å². The number of benzene rings is 1. The Kier molecular flexibility index (Phi) is 5.40.